The molecule has 25 heavy (non-hydrogen) atoms. The van der Waals surface area contributed by atoms with Crippen molar-refractivity contribution in [3.05, 3.63) is 41.7 Å². The molecule has 1 aromatic carbocycles. The Labute approximate surface area is 149 Å². The van der Waals surface area contributed by atoms with Gasteiger partial charge in [-0.2, -0.15) is 4.98 Å². The van der Waals surface area contributed by atoms with E-state index in [1.165, 1.54) is 37.7 Å². The van der Waals surface area contributed by atoms with Gasteiger partial charge in [0.15, 0.2) is 0 Å². The summed E-state index contributed by atoms with van der Waals surface area (Å²) >= 11 is 0. The number of benzene rings is 1. The van der Waals surface area contributed by atoms with Crippen molar-refractivity contribution in [2.45, 2.75) is 50.6 Å². The third-order valence-electron chi connectivity index (χ3n) is 6.36. The van der Waals surface area contributed by atoms with E-state index < -0.39 is 0 Å². The zero-order chi connectivity index (χ0) is 16.6. The molecule has 3 heterocycles. The van der Waals surface area contributed by atoms with Gasteiger partial charge in [-0.05, 0) is 56.2 Å². The molecule has 1 saturated carbocycles. The number of hydrogen-bond acceptors (Lipinski definition) is 4. The molecule has 5 heteroatoms. The molecule has 2 bridgehead atoms. The van der Waals surface area contributed by atoms with Gasteiger partial charge in [0, 0.05) is 18.5 Å². The lowest BCUT2D eigenvalue weighted by Gasteiger charge is -2.31. The van der Waals surface area contributed by atoms with Crippen LogP contribution >= 0.6 is 0 Å². The van der Waals surface area contributed by atoms with E-state index in [0.29, 0.717) is 12.0 Å². The third kappa shape index (κ3) is 2.84. The van der Waals surface area contributed by atoms with Gasteiger partial charge in [0.1, 0.15) is 5.82 Å². The van der Waals surface area contributed by atoms with Crippen LogP contribution in [-0.2, 0) is 6.54 Å². The van der Waals surface area contributed by atoms with Gasteiger partial charge in [-0.15, -0.1) is 5.10 Å². The maximum Gasteiger partial charge on any atom is 0.242 e. The second kappa shape index (κ2) is 6.45. The van der Waals surface area contributed by atoms with E-state index in [1.54, 1.807) is 0 Å². The molecule has 3 aliphatic rings. The molecule has 1 unspecified atom stereocenters. The molecule has 2 N–H and O–H groups in total. The lowest BCUT2D eigenvalue weighted by Crippen LogP contribution is -2.45. The standard InChI is InChI=1S/C20H27N5/c1-2-6-14(7-3-1)17-8-4-5-11-25-19(17)23-20(24-25)22-18-15-9-10-16(18)13-21-12-15/h1-3,6-7,15-18,21H,4-5,8-13H2,(H,22,24)/t15-,16+,17?,18-. The molecule has 5 rings (SSSR count). The quantitative estimate of drug-likeness (QED) is 0.904. The number of aryl methyl sites for hydroxylation is 1. The molecule has 2 aromatic rings. The van der Waals surface area contributed by atoms with Crippen LogP contribution in [-0.4, -0.2) is 33.9 Å². The van der Waals surface area contributed by atoms with E-state index >= 15 is 0 Å². The molecular formula is C20H27N5. The van der Waals surface area contributed by atoms with Crippen LogP contribution in [0.4, 0.5) is 5.95 Å². The fraction of sp³-hybridized carbons (Fsp3) is 0.600. The van der Waals surface area contributed by atoms with Gasteiger partial charge in [0.2, 0.25) is 5.95 Å². The van der Waals surface area contributed by atoms with Crippen molar-refractivity contribution in [2.24, 2.45) is 11.8 Å². The van der Waals surface area contributed by atoms with Gasteiger partial charge in [0.25, 0.3) is 0 Å². The fourth-order valence-corrected chi connectivity index (χ4v) is 5.05. The Morgan fingerprint density at radius 2 is 1.80 bits per heavy atom. The number of piperidine rings is 1. The molecule has 132 valence electrons. The zero-order valence-corrected chi connectivity index (χ0v) is 14.7. The van der Waals surface area contributed by atoms with Gasteiger partial charge in [0.05, 0.1) is 0 Å². The molecular weight excluding hydrogens is 310 g/mol. The highest BCUT2D eigenvalue weighted by atomic mass is 15.4. The van der Waals surface area contributed by atoms with Crippen LogP contribution in [0.2, 0.25) is 0 Å². The molecule has 0 amide bonds. The molecule has 2 fully saturated rings. The first-order valence-electron chi connectivity index (χ1n) is 9.85. The first kappa shape index (κ1) is 15.4. The predicted octanol–water partition coefficient (Wildman–Crippen LogP) is 3.00. The topological polar surface area (TPSA) is 54.8 Å². The van der Waals surface area contributed by atoms with Crippen molar-refractivity contribution in [1.82, 2.24) is 20.1 Å². The molecule has 1 aromatic heterocycles. The molecule has 1 saturated heterocycles. The molecule has 0 spiro atoms. The highest BCUT2D eigenvalue weighted by Crippen LogP contribution is 2.36. The zero-order valence-electron chi connectivity index (χ0n) is 14.7. The van der Waals surface area contributed by atoms with Crippen molar-refractivity contribution in [3.63, 3.8) is 0 Å². The predicted molar refractivity (Wildman–Crippen MR) is 98.7 cm³/mol. The van der Waals surface area contributed by atoms with Crippen molar-refractivity contribution in [1.29, 1.82) is 0 Å². The van der Waals surface area contributed by atoms with E-state index in [-0.39, 0.29) is 0 Å². The summed E-state index contributed by atoms with van der Waals surface area (Å²) in [5.41, 5.74) is 1.37. The smallest absolute Gasteiger partial charge is 0.242 e. The summed E-state index contributed by atoms with van der Waals surface area (Å²) in [4.78, 5) is 4.98. The number of nitrogens with zero attached hydrogens (tertiary/aromatic N) is 3. The summed E-state index contributed by atoms with van der Waals surface area (Å²) in [7, 11) is 0. The Hall–Kier alpha value is -1.88. The molecule has 0 radical (unpaired) electrons. The summed E-state index contributed by atoms with van der Waals surface area (Å²) in [5.74, 6) is 3.82. The average molecular weight is 337 g/mol. The second-order valence-corrected chi connectivity index (χ2v) is 7.90. The highest BCUT2D eigenvalue weighted by molar-refractivity contribution is 5.32. The van der Waals surface area contributed by atoms with Gasteiger partial charge in [-0.1, -0.05) is 36.8 Å². The Morgan fingerprint density at radius 3 is 2.60 bits per heavy atom. The van der Waals surface area contributed by atoms with E-state index in [2.05, 4.69) is 45.6 Å². The maximum absolute atomic E-state index is 4.98. The Kier molecular flexibility index (Phi) is 3.97. The number of fused-ring (bicyclic) bond motifs is 3. The molecule has 5 nitrogen and oxygen atoms in total. The fourth-order valence-electron chi connectivity index (χ4n) is 5.05. The van der Waals surface area contributed by atoms with Gasteiger partial charge < -0.3 is 10.6 Å². The van der Waals surface area contributed by atoms with Crippen LogP contribution in [0.3, 0.4) is 0 Å². The Morgan fingerprint density at radius 1 is 1.00 bits per heavy atom. The first-order chi connectivity index (χ1) is 12.4. The van der Waals surface area contributed by atoms with E-state index in [1.807, 2.05) is 0 Å². The second-order valence-electron chi connectivity index (χ2n) is 7.90. The van der Waals surface area contributed by atoms with Gasteiger partial charge in [-0.25, -0.2) is 4.68 Å². The first-order valence-corrected chi connectivity index (χ1v) is 9.85. The summed E-state index contributed by atoms with van der Waals surface area (Å²) in [6.45, 7) is 3.26. The van der Waals surface area contributed by atoms with Crippen molar-refractivity contribution in [2.75, 3.05) is 18.4 Å². The van der Waals surface area contributed by atoms with Gasteiger partial charge >= 0.3 is 0 Å². The molecule has 1 aliphatic carbocycles. The van der Waals surface area contributed by atoms with Crippen LogP contribution < -0.4 is 10.6 Å². The van der Waals surface area contributed by atoms with Crippen LogP contribution in [0.5, 0.6) is 0 Å². The number of hydrogen-bond donors (Lipinski definition) is 2. The monoisotopic (exact) mass is 337 g/mol. The lowest BCUT2D eigenvalue weighted by atomic mass is 9.93. The Balaban J connectivity index is 1.43. The van der Waals surface area contributed by atoms with Crippen molar-refractivity contribution >= 4 is 5.95 Å². The summed E-state index contributed by atoms with van der Waals surface area (Å²) < 4.78 is 2.16. The number of aromatic nitrogens is 3. The van der Waals surface area contributed by atoms with Crippen LogP contribution in [0, 0.1) is 11.8 Å². The van der Waals surface area contributed by atoms with E-state index in [9.17, 15) is 0 Å². The minimum atomic E-state index is 0.372. The number of anilines is 1. The van der Waals surface area contributed by atoms with Crippen LogP contribution in [0.25, 0.3) is 0 Å². The van der Waals surface area contributed by atoms with Crippen molar-refractivity contribution < 1.29 is 0 Å². The third-order valence-corrected chi connectivity index (χ3v) is 6.36. The molecule has 2 aliphatic heterocycles. The van der Waals surface area contributed by atoms with Crippen LogP contribution in [0.1, 0.15) is 49.4 Å². The lowest BCUT2D eigenvalue weighted by molar-refractivity contribution is 0.341. The minimum absolute atomic E-state index is 0.372. The largest absolute Gasteiger partial charge is 0.350 e. The van der Waals surface area contributed by atoms with Crippen LogP contribution in [0.15, 0.2) is 30.3 Å². The summed E-state index contributed by atoms with van der Waals surface area (Å²) in [6.07, 6.45) is 6.26. The van der Waals surface area contributed by atoms with Crippen molar-refractivity contribution in [3.8, 4) is 0 Å². The minimum Gasteiger partial charge on any atom is -0.350 e. The molecule has 4 atom stereocenters. The number of nitrogens with one attached hydrogen (secondary N) is 2. The number of rotatable bonds is 3. The summed E-state index contributed by atoms with van der Waals surface area (Å²) in [5, 5.41) is 12.1. The highest BCUT2D eigenvalue weighted by Gasteiger charge is 2.39. The Bertz CT molecular complexity index is 709. The van der Waals surface area contributed by atoms with Gasteiger partial charge in [-0.3, -0.25) is 0 Å². The average Bonchev–Trinajstić information content (AvgIpc) is 3.04. The van der Waals surface area contributed by atoms with E-state index in [0.717, 1.165) is 43.2 Å². The van der Waals surface area contributed by atoms with E-state index in [4.69, 9.17) is 10.1 Å². The SMILES string of the molecule is c1ccc(C2CCCCn3nc(N[C@@H]4[C@@H]5CC[C@H]4CNC5)nc32)cc1. The summed E-state index contributed by atoms with van der Waals surface area (Å²) in [6, 6.07) is 11.4. The normalized spacial score (nSPS) is 31.4. The maximum atomic E-state index is 4.98.